The third kappa shape index (κ3) is 5.34. The number of ether oxygens (including phenoxy) is 2. The zero-order chi connectivity index (χ0) is 17.0. The lowest BCUT2D eigenvalue weighted by molar-refractivity contribution is -0.274. The quantitative estimate of drug-likeness (QED) is 0.829. The fraction of sp³-hybridized carbons (Fsp3) is 0.600. The molecule has 0 amide bonds. The molecular weight excluding hydrogens is 377 g/mol. The predicted octanol–water partition coefficient (Wildman–Crippen LogP) is 3.29. The van der Waals surface area contributed by atoms with E-state index in [1.54, 1.807) is 19.2 Å². The van der Waals surface area contributed by atoms with E-state index in [1.165, 1.54) is 6.07 Å². The molecule has 1 aromatic carbocycles. The van der Waals surface area contributed by atoms with Crippen LogP contribution in [0.5, 0.6) is 5.75 Å². The minimum absolute atomic E-state index is 0.207. The van der Waals surface area contributed by atoms with Crippen molar-refractivity contribution in [2.24, 2.45) is 5.73 Å². The highest BCUT2D eigenvalue weighted by Gasteiger charge is 2.32. The smallest absolute Gasteiger partial charge is 0.405 e. The molecule has 8 heteroatoms. The third-order valence-electron chi connectivity index (χ3n) is 4.00. The Bertz CT molecular complexity index is 528. The molecule has 1 heterocycles. The van der Waals surface area contributed by atoms with Gasteiger partial charge in [-0.1, -0.05) is 6.07 Å². The number of likely N-dealkylation sites (tertiary alicyclic amines) is 1. The van der Waals surface area contributed by atoms with E-state index in [-0.39, 0.29) is 22.4 Å². The van der Waals surface area contributed by atoms with Crippen LogP contribution in [0, 0.1) is 0 Å². The number of halogens is 4. The monoisotopic (exact) mass is 396 g/mol. The summed E-state index contributed by atoms with van der Waals surface area (Å²) in [6, 6.07) is 4.82. The molecular formula is C15H20BrF3N2O2. The molecule has 2 unspecified atom stereocenters. The number of rotatable bonds is 5. The maximum atomic E-state index is 12.3. The van der Waals surface area contributed by atoms with Crippen LogP contribution in [0.15, 0.2) is 22.7 Å². The molecule has 2 atom stereocenters. The van der Waals surface area contributed by atoms with Crippen LogP contribution in [0.4, 0.5) is 13.2 Å². The van der Waals surface area contributed by atoms with Gasteiger partial charge >= 0.3 is 6.36 Å². The highest BCUT2D eigenvalue weighted by molar-refractivity contribution is 9.10. The van der Waals surface area contributed by atoms with Crippen LogP contribution in [0.3, 0.4) is 0 Å². The van der Waals surface area contributed by atoms with Gasteiger partial charge in [0.15, 0.2) is 0 Å². The van der Waals surface area contributed by atoms with Crippen molar-refractivity contribution in [1.29, 1.82) is 0 Å². The van der Waals surface area contributed by atoms with Crippen molar-refractivity contribution in [3.8, 4) is 5.75 Å². The first-order valence-electron chi connectivity index (χ1n) is 7.33. The normalized spacial score (nSPS) is 23.0. The van der Waals surface area contributed by atoms with Crippen molar-refractivity contribution in [2.75, 3.05) is 20.2 Å². The maximum Gasteiger partial charge on any atom is 0.573 e. The van der Waals surface area contributed by atoms with Crippen LogP contribution in [0.1, 0.15) is 18.4 Å². The van der Waals surface area contributed by atoms with Crippen molar-refractivity contribution in [3.63, 3.8) is 0 Å². The minimum atomic E-state index is -4.70. The van der Waals surface area contributed by atoms with Crippen LogP contribution in [-0.2, 0) is 11.3 Å². The van der Waals surface area contributed by atoms with Crippen LogP contribution < -0.4 is 10.5 Å². The second-order valence-electron chi connectivity index (χ2n) is 5.55. The van der Waals surface area contributed by atoms with Gasteiger partial charge in [-0.15, -0.1) is 13.2 Å². The first kappa shape index (κ1) is 18.5. The van der Waals surface area contributed by atoms with Gasteiger partial charge in [0.2, 0.25) is 0 Å². The van der Waals surface area contributed by atoms with E-state index < -0.39 is 6.36 Å². The topological polar surface area (TPSA) is 47.7 Å². The van der Waals surface area contributed by atoms with Crippen molar-refractivity contribution >= 4 is 15.9 Å². The van der Waals surface area contributed by atoms with E-state index in [0.29, 0.717) is 13.1 Å². The molecule has 0 aliphatic carbocycles. The van der Waals surface area contributed by atoms with Crippen LogP contribution >= 0.6 is 15.9 Å². The lowest BCUT2D eigenvalue weighted by Crippen LogP contribution is -2.47. The lowest BCUT2D eigenvalue weighted by atomic mass is 9.98. The minimum Gasteiger partial charge on any atom is -0.405 e. The molecule has 0 aromatic heterocycles. The highest BCUT2D eigenvalue weighted by atomic mass is 79.9. The van der Waals surface area contributed by atoms with E-state index in [1.807, 2.05) is 0 Å². The van der Waals surface area contributed by atoms with Gasteiger partial charge in [0.25, 0.3) is 0 Å². The number of nitrogens with two attached hydrogens (primary N) is 1. The van der Waals surface area contributed by atoms with Crippen molar-refractivity contribution in [1.82, 2.24) is 4.90 Å². The molecule has 2 N–H and O–H groups in total. The van der Waals surface area contributed by atoms with Crippen molar-refractivity contribution < 1.29 is 22.6 Å². The maximum absolute atomic E-state index is 12.3. The number of nitrogens with zero attached hydrogens (tertiary/aromatic N) is 1. The molecule has 2 rings (SSSR count). The Labute approximate surface area is 141 Å². The molecule has 1 aliphatic rings. The van der Waals surface area contributed by atoms with Crippen LogP contribution in [0.2, 0.25) is 0 Å². The van der Waals surface area contributed by atoms with Gasteiger partial charge < -0.3 is 15.2 Å². The number of hydrogen-bond donors (Lipinski definition) is 1. The van der Waals surface area contributed by atoms with Gasteiger partial charge in [-0.2, -0.15) is 0 Å². The van der Waals surface area contributed by atoms with Crippen LogP contribution in [-0.4, -0.2) is 43.6 Å². The standard InChI is InChI=1S/C15H20BrF3N2O2/c1-22-12-4-5-21(11(7-12)8-20)9-10-2-3-14(13(16)6-10)23-15(17,18)19/h2-3,6,11-12H,4-5,7-9,20H2,1H3. The molecule has 130 valence electrons. The molecule has 1 saturated heterocycles. The molecule has 0 saturated carbocycles. The predicted molar refractivity (Wildman–Crippen MR) is 84.1 cm³/mol. The Morgan fingerprint density at radius 1 is 1.39 bits per heavy atom. The third-order valence-corrected chi connectivity index (χ3v) is 4.62. The summed E-state index contributed by atoms with van der Waals surface area (Å²) in [6.07, 6.45) is -2.70. The second kappa shape index (κ2) is 7.83. The fourth-order valence-corrected chi connectivity index (χ4v) is 3.32. The first-order chi connectivity index (χ1) is 10.8. The summed E-state index contributed by atoms with van der Waals surface area (Å²) < 4.78 is 46.5. The molecule has 23 heavy (non-hydrogen) atoms. The van der Waals surface area contributed by atoms with E-state index in [2.05, 4.69) is 25.6 Å². The van der Waals surface area contributed by atoms with E-state index in [4.69, 9.17) is 10.5 Å². The highest BCUT2D eigenvalue weighted by Crippen LogP contribution is 2.32. The van der Waals surface area contributed by atoms with Gasteiger partial charge in [-0.05, 0) is 46.5 Å². The lowest BCUT2D eigenvalue weighted by Gasteiger charge is -2.38. The largest absolute Gasteiger partial charge is 0.573 e. The molecule has 0 radical (unpaired) electrons. The van der Waals surface area contributed by atoms with Gasteiger partial charge in [0.1, 0.15) is 5.75 Å². The van der Waals surface area contributed by atoms with E-state index in [9.17, 15) is 13.2 Å². The molecule has 0 bridgehead atoms. The number of benzene rings is 1. The Kier molecular flexibility index (Phi) is 6.30. The summed E-state index contributed by atoms with van der Waals surface area (Å²) >= 11 is 3.13. The number of hydrogen-bond acceptors (Lipinski definition) is 4. The summed E-state index contributed by atoms with van der Waals surface area (Å²) in [6.45, 7) is 2.00. The van der Waals surface area contributed by atoms with Gasteiger partial charge in [-0.25, -0.2) is 0 Å². The van der Waals surface area contributed by atoms with Crippen LogP contribution in [0.25, 0.3) is 0 Å². The van der Waals surface area contributed by atoms with Crippen molar-refractivity contribution in [3.05, 3.63) is 28.2 Å². The Morgan fingerprint density at radius 2 is 2.13 bits per heavy atom. The van der Waals surface area contributed by atoms with Gasteiger partial charge in [-0.3, -0.25) is 4.90 Å². The summed E-state index contributed by atoms with van der Waals surface area (Å²) in [7, 11) is 1.70. The summed E-state index contributed by atoms with van der Waals surface area (Å²) in [5, 5.41) is 0. The Balaban J connectivity index is 2.04. The zero-order valence-electron chi connectivity index (χ0n) is 12.8. The number of piperidine rings is 1. The SMILES string of the molecule is COC1CCN(Cc2ccc(OC(F)(F)F)c(Br)c2)C(CN)C1. The number of alkyl halides is 3. The molecule has 0 spiro atoms. The van der Waals surface area contributed by atoms with Gasteiger partial charge in [0.05, 0.1) is 10.6 Å². The van der Waals surface area contributed by atoms with E-state index >= 15 is 0 Å². The number of methoxy groups -OCH3 is 1. The summed E-state index contributed by atoms with van der Waals surface area (Å²) in [5.41, 5.74) is 6.74. The average molecular weight is 397 g/mol. The Morgan fingerprint density at radius 3 is 2.70 bits per heavy atom. The molecule has 1 aliphatic heterocycles. The second-order valence-corrected chi connectivity index (χ2v) is 6.41. The summed E-state index contributed by atoms with van der Waals surface area (Å²) in [4.78, 5) is 2.24. The average Bonchev–Trinajstić information content (AvgIpc) is 2.49. The van der Waals surface area contributed by atoms with Crippen molar-refractivity contribution in [2.45, 2.75) is 37.9 Å². The van der Waals surface area contributed by atoms with Gasteiger partial charge in [0, 0.05) is 32.8 Å². The zero-order valence-corrected chi connectivity index (χ0v) is 14.4. The van der Waals surface area contributed by atoms with E-state index in [0.717, 1.165) is 24.9 Å². The molecule has 1 aromatic rings. The Hall–Kier alpha value is -0.830. The summed E-state index contributed by atoms with van der Waals surface area (Å²) in [5.74, 6) is -0.241. The fourth-order valence-electron chi connectivity index (χ4n) is 2.81. The molecule has 4 nitrogen and oxygen atoms in total. The first-order valence-corrected chi connectivity index (χ1v) is 8.12. The molecule has 1 fully saturated rings.